The molecule has 0 saturated heterocycles. The molecule has 0 unspecified atom stereocenters. The van der Waals surface area contributed by atoms with Gasteiger partial charge in [0.25, 0.3) is 0 Å². The predicted octanol–water partition coefficient (Wildman–Crippen LogP) is 3.22. The van der Waals surface area contributed by atoms with Crippen molar-refractivity contribution in [3.63, 3.8) is 0 Å². The van der Waals surface area contributed by atoms with E-state index in [-0.39, 0.29) is 11.4 Å². The Kier molecular flexibility index (Phi) is 2.97. The summed E-state index contributed by atoms with van der Waals surface area (Å²) in [7, 11) is 0. The van der Waals surface area contributed by atoms with Gasteiger partial charge in [-0.2, -0.15) is 0 Å². The lowest BCUT2D eigenvalue weighted by atomic mass is 10.3. The van der Waals surface area contributed by atoms with E-state index in [1.165, 1.54) is 22.9 Å². The normalized spacial score (nSPS) is 10.5. The number of benzene rings is 1. The first-order valence-corrected chi connectivity index (χ1v) is 5.35. The maximum atomic E-state index is 13.1. The summed E-state index contributed by atoms with van der Waals surface area (Å²) in [6, 6.07) is 4.57. The zero-order valence-corrected chi connectivity index (χ0v) is 9.91. The lowest BCUT2D eigenvalue weighted by Crippen LogP contribution is -2.06. The molecule has 1 N–H and O–H groups in total. The number of rotatable bonds is 2. The van der Waals surface area contributed by atoms with E-state index in [1.807, 2.05) is 0 Å². The van der Waals surface area contributed by atoms with E-state index < -0.39 is 17.6 Å². The minimum absolute atomic E-state index is 0.0390. The fourth-order valence-electron chi connectivity index (χ4n) is 1.44. The van der Waals surface area contributed by atoms with E-state index in [9.17, 15) is 13.6 Å². The van der Waals surface area contributed by atoms with Gasteiger partial charge in [0.1, 0.15) is 5.69 Å². The average Bonchev–Trinajstić information content (AvgIpc) is 2.64. The molecule has 0 atom stereocenters. The maximum Gasteiger partial charge on any atom is 0.352 e. The van der Waals surface area contributed by atoms with E-state index in [0.29, 0.717) is 4.47 Å². The van der Waals surface area contributed by atoms with E-state index in [2.05, 4.69) is 15.9 Å². The molecule has 2 rings (SSSR count). The Bertz CT molecular complexity index is 595. The van der Waals surface area contributed by atoms with Gasteiger partial charge < -0.3 is 9.67 Å². The molecule has 0 radical (unpaired) electrons. The zero-order valence-electron chi connectivity index (χ0n) is 8.32. The van der Waals surface area contributed by atoms with Crippen LogP contribution in [0.15, 0.2) is 34.9 Å². The molecule has 17 heavy (non-hydrogen) atoms. The summed E-state index contributed by atoms with van der Waals surface area (Å²) in [4.78, 5) is 11.0. The van der Waals surface area contributed by atoms with Crippen LogP contribution in [0.3, 0.4) is 0 Å². The van der Waals surface area contributed by atoms with Gasteiger partial charge in [0.2, 0.25) is 0 Å². The zero-order chi connectivity index (χ0) is 12.6. The molecule has 2 aromatic rings. The SMILES string of the molecule is O=C(O)c1cc(Br)cn1-c1ccc(F)c(F)c1. The lowest BCUT2D eigenvalue weighted by Gasteiger charge is -2.06. The number of carbonyl (C=O) groups is 1. The van der Waals surface area contributed by atoms with Gasteiger partial charge in [-0.25, -0.2) is 13.6 Å². The van der Waals surface area contributed by atoms with Crippen molar-refractivity contribution in [3.8, 4) is 5.69 Å². The molecule has 6 heteroatoms. The first-order chi connectivity index (χ1) is 7.99. The summed E-state index contributed by atoms with van der Waals surface area (Å²) in [6.07, 6.45) is 1.47. The molecule has 1 heterocycles. The summed E-state index contributed by atoms with van der Waals surface area (Å²) < 4.78 is 27.6. The van der Waals surface area contributed by atoms with Crippen LogP contribution in [0, 0.1) is 11.6 Å². The molecule has 0 amide bonds. The van der Waals surface area contributed by atoms with Crippen LogP contribution >= 0.6 is 15.9 Å². The summed E-state index contributed by atoms with van der Waals surface area (Å²) >= 11 is 3.13. The number of aromatic nitrogens is 1. The lowest BCUT2D eigenvalue weighted by molar-refractivity contribution is 0.0688. The second-order valence-electron chi connectivity index (χ2n) is 3.32. The van der Waals surface area contributed by atoms with Gasteiger partial charge in [0.05, 0.1) is 0 Å². The molecule has 0 bridgehead atoms. The topological polar surface area (TPSA) is 42.2 Å². The van der Waals surface area contributed by atoms with Crippen LogP contribution in [0.5, 0.6) is 0 Å². The quantitative estimate of drug-likeness (QED) is 0.925. The predicted molar refractivity (Wildman–Crippen MR) is 60.3 cm³/mol. The van der Waals surface area contributed by atoms with E-state index in [4.69, 9.17) is 5.11 Å². The van der Waals surface area contributed by atoms with Gasteiger partial charge in [0, 0.05) is 22.4 Å². The van der Waals surface area contributed by atoms with Crippen molar-refractivity contribution in [3.05, 3.63) is 52.3 Å². The van der Waals surface area contributed by atoms with Gasteiger partial charge in [-0.1, -0.05) is 0 Å². The van der Waals surface area contributed by atoms with Gasteiger partial charge in [0.15, 0.2) is 11.6 Å². The molecule has 88 valence electrons. The molecule has 0 fully saturated rings. The summed E-state index contributed by atoms with van der Waals surface area (Å²) in [6.45, 7) is 0. The second-order valence-corrected chi connectivity index (χ2v) is 4.23. The smallest absolute Gasteiger partial charge is 0.352 e. The Labute approximate surface area is 103 Å². The first kappa shape index (κ1) is 11.8. The van der Waals surface area contributed by atoms with Crippen molar-refractivity contribution in [2.45, 2.75) is 0 Å². The van der Waals surface area contributed by atoms with Crippen molar-refractivity contribution in [2.24, 2.45) is 0 Å². The van der Waals surface area contributed by atoms with Crippen LogP contribution in [-0.2, 0) is 0 Å². The Morgan fingerprint density at radius 1 is 1.24 bits per heavy atom. The Morgan fingerprint density at radius 3 is 2.53 bits per heavy atom. The Morgan fingerprint density at radius 2 is 1.94 bits per heavy atom. The van der Waals surface area contributed by atoms with E-state index in [1.54, 1.807) is 0 Å². The van der Waals surface area contributed by atoms with Gasteiger partial charge in [-0.3, -0.25) is 0 Å². The molecule has 0 aliphatic carbocycles. The highest BCUT2D eigenvalue weighted by Crippen LogP contribution is 2.21. The highest BCUT2D eigenvalue weighted by molar-refractivity contribution is 9.10. The molecular formula is C11H6BrF2NO2. The van der Waals surface area contributed by atoms with Crippen LogP contribution in [-0.4, -0.2) is 15.6 Å². The monoisotopic (exact) mass is 301 g/mol. The van der Waals surface area contributed by atoms with Crippen molar-refractivity contribution in [2.75, 3.05) is 0 Å². The second kappa shape index (κ2) is 4.29. The number of halogens is 3. The van der Waals surface area contributed by atoms with Crippen LogP contribution in [0.2, 0.25) is 0 Å². The summed E-state index contributed by atoms with van der Waals surface area (Å²) in [5.74, 6) is -3.15. The Balaban J connectivity index is 2.59. The van der Waals surface area contributed by atoms with Crippen molar-refractivity contribution in [1.29, 1.82) is 0 Å². The van der Waals surface area contributed by atoms with Gasteiger partial charge >= 0.3 is 5.97 Å². The third kappa shape index (κ3) is 2.21. The molecule has 1 aromatic heterocycles. The van der Waals surface area contributed by atoms with Crippen LogP contribution < -0.4 is 0 Å². The molecular weight excluding hydrogens is 296 g/mol. The molecule has 0 aliphatic rings. The number of hydrogen-bond donors (Lipinski definition) is 1. The van der Waals surface area contributed by atoms with Crippen molar-refractivity contribution >= 4 is 21.9 Å². The first-order valence-electron chi connectivity index (χ1n) is 4.55. The van der Waals surface area contributed by atoms with Gasteiger partial charge in [-0.15, -0.1) is 0 Å². The highest BCUT2D eigenvalue weighted by atomic mass is 79.9. The van der Waals surface area contributed by atoms with E-state index in [0.717, 1.165) is 12.1 Å². The number of aromatic carboxylic acids is 1. The molecule has 0 saturated carbocycles. The van der Waals surface area contributed by atoms with Crippen LogP contribution in [0.4, 0.5) is 8.78 Å². The molecule has 0 spiro atoms. The number of hydrogen-bond acceptors (Lipinski definition) is 1. The largest absolute Gasteiger partial charge is 0.477 e. The third-order valence-electron chi connectivity index (χ3n) is 2.19. The van der Waals surface area contributed by atoms with E-state index >= 15 is 0 Å². The highest BCUT2D eigenvalue weighted by Gasteiger charge is 2.14. The fraction of sp³-hybridized carbons (Fsp3) is 0. The summed E-state index contributed by atoms with van der Waals surface area (Å²) in [5, 5.41) is 8.95. The minimum Gasteiger partial charge on any atom is -0.477 e. The number of carboxylic acids is 1. The minimum atomic E-state index is -1.15. The van der Waals surface area contributed by atoms with Crippen molar-refractivity contribution in [1.82, 2.24) is 4.57 Å². The average molecular weight is 302 g/mol. The van der Waals surface area contributed by atoms with Crippen LogP contribution in [0.25, 0.3) is 5.69 Å². The number of nitrogens with zero attached hydrogens (tertiary/aromatic N) is 1. The standard InChI is InChI=1S/C11H6BrF2NO2/c12-6-3-10(11(16)17)15(5-6)7-1-2-8(13)9(14)4-7/h1-5H,(H,16,17). The van der Waals surface area contributed by atoms with Crippen molar-refractivity contribution < 1.29 is 18.7 Å². The molecule has 0 aliphatic heterocycles. The van der Waals surface area contributed by atoms with Crippen LogP contribution in [0.1, 0.15) is 10.5 Å². The fourth-order valence-corrected chi connectivity index (χ4v) is 1.87. The summed E-state index contributed by atoms with van der Waals surface area (Å²) in [5.41, 5.74) is 0.204. The molecule has 1 aromatic carbocycles. The Hall–Kier alpha value is -1.69. The van der Waals surface area contributed by atoms with Gasteiger partial charge in [-0.05, 0) is 34.1 Å². The molecule has 3 nitrogen and oxygen atoms in total. The number of carboxylic acid groups (broad SMARTS) is 1. The third-order valence-corrected chi connectivity index (χ3v) is 2.62. The maximum absolute atomic E-state index is 13.1.